The number of aryl methyl sites for hydroxylation is 1. The van der Waals surface area contributed by atoms with Crippen molar-refractivity contribution >= 4 is 5.97 Å². The molecule has 0 spiro atoms. The van der Waals surface area contributed by atoms with E-state index < -0.39 is 5.97 Å². The maximum Gasteiger partial charge on any atom is 0.339 e. The van der Waals surface area contributed by atoms with Gasteiger partial charge in [-0.25, -0.2) is 4.79 Å². The molecule has 0 saturated carbocycles. The SMILES string of the molecule is O=C(O)c1ccncc1OCC1CCCc2ccccc21. The predicted octanol–water partition coefficient (Wildman–Crippen LogP) is 3.28. The van der Waals surface area contributed by atoms with Crippen LogP contribution in [0, 0.1) is 0 Å². The second kappa shape index (κ2) is 5.95. The summed E-state index contributed by atoms with van der Waals surface area (Å²) in [5.41, 5.74) is 2.86. The van der Waals surface area contributed by atoms with Crippen LogP contribution in [0.1, 0.15) is 40.2 Å². The number of fused-ring (bicyclic) bond motifs is 1. The molecule has 1 N–H and O–H groups in total. The Morgan fingerprint density at radius 3 is 3.05 bits per heavy atom. The molecule has 4 nitrogen and oxygen atoms in total. The standard InChI is InChI=1S/C17H17NO3/c19-17(20)15-8-9-18-10-16(15)21-11-13-6-3-5-12-4-1-2-7-14(12)13/h1-2,4,7-10,13H,3,5-6,11H2,(H,19,20). The topological polar surface area (TPSA) is 59.4 Å². The van der Waals surface area contributed by atoms with Crippen molar-refractivity contribution in [3.8, 4) is 5.75 Å². The van der Waals surface area contributed by atoms with Crippen LogP contribution >= 0.6 is 0 Å². The van der Waals surface area contributed by atoms with Crippen LogP contribution in [0.3, 0.4) is 0 Å². The van der Waals surface area contributed by atoms with Crippen molar-refractivity contribution in [3.63, 3.8) is 0 Å². The number of carboxylic acids is 1. The number of aromatic nitrogens is 1. The Morgan fingerprint density at radius 1 is 1.33 bits per heavy atom. The van der Waals surface area contributed by atoms with Crippen molar-refractivity contribution in [1.82, 2.24) is 4.98 Å². The van der Waals surface area contributed by atoms with Gasteiger partial charge in [0.1, 0.15) is 5.56 Å². The average molecular weight is 283 g/mol. The summed E-state index contributed by atoms with van der Waals surface area (Å²) in [4.78, 5) is 15.1. The van der Waals surface area contributed by atoms with Crippen LogP contribution in [-0.2, 0) is 6.42 Å². The Hall–Kier alpha value is -2.36. The highest BCUT2D eigenvalue weighted by Crippen LogP contribution is 2.32. The first-order valence-electron chi connectivity index (χ1n) is 7.13. The quantitative estimate of drug-likeness (QED) is 0.935. The first-order chi connectivity index (χ1) is 10.3. The summed E-state index contributed by atoms with van der Waals surface area (Å²) in [6.07, 6.45) is 6.26. The summed E-state index contributed by atoms with van der Waals surface area (Å²) in [7, 11) is 0. The maximum absolute atomic E-state index is 11.2. The van der Waals surface area contributed by atoms with Crippen LogP contribution in [0.2, 0.25) is 0 Å². The number of hydrogen-bond donors (Lipinski definition) is 1. The van der Waals surface area contributed by atoms with E-state index in [1.165, 1.54) is 29.6 Å². The fraction of sp³-hybridized carbons (Fsp3) is 0.294. The molecule has 0 amide bonds. The zero-order valence-corrected chi connectivity index (χ0v) is 11.7. The van der Waals surface area contributed by atoms with Crippen molar-refractivity contribution < 1.29 is 14.6 Å². The molecular formula is C17H17NO3. The van der Waals surface area contributed by atoms with Crippen LogP contribution < -0.4 is 4.74 Å². The zero-order valence-electron chi connectivity index (χ0n) is 11.7. The van der Waals surface area contributed by atoms with Gasteiger partial charge >= 0.3 is 5.97 Å². The molecule has 1 aliphatic carbocycles. The van der Waals surface area contributed by atoms with Crippen LogP contribution in [-0.4, -0.2) is 22.7 Å². The van der Waals surface area contributed by atoms with Crippen LogP contribution in [0.4, 0.5) is 0 Å². The van der Waals surface area contributed by atoms with E-state index in [0.29, 0.717) is 18.3 Å². The highest BCUT2D eigenvalue weighted by Gasteiger charge is 2.21. The number of carbonyl (C=O) groups is 1. The van der Waals surface area contributed by atoms with E-state index in [1.807, 2.05) is 6.07 Å². The smallest absolute Gasteiger partial charge is 0.339 e. The first kappa shape index (κ1) is 13.6. The van der Waals surface area contributed by atoms with E-state index in [9.17, 15) is 4.79 Å². The number of nitrogens with zero attached hydrogens (tertiary/aromatic N) is 1. The minimum absolute atomic E-state index is 0.161. The molecule has 1 atom stereocenters. The first-order valence-corrected chi connectivity index (χ1v) is 7.13. The lowest BCUT2D eigenvalue weighted by Crippen LogP contribution is -2.17. The van der Waals surface area contributed by atoms with Gasteiger partial charge < -0.3 is 9.84 Å². The molecule has 0 radical (unpaired) electrons. The van der Waals surface area contributed by atoms with Crippen LogP contribution in [0.5, 0.6) is 5.75 Å². The van der Waals surface area contributed by atoms with Gasteiger partial charge in [0, 0.05) is 12.1 Å². The third-order valence-corrected chi connectivity index (χ3v) is 3.95. The van der Waals surface area contributed by atoms with Crippen molar-refractivity contribution in [3.05, 3.63) is 59.4 Å². The number of ether oxygens (including phenoxy) is 1. The Balaban J connectivity index is 1.76. The van der Waals surface area contributed by atoms with Gasteiger partial charge in [0.2, 0.25) is 0 Å². The van der Waals surface area contributed by atoms with Crippen molar-refractivity contribution in [2.24, 2.45) is 0 Å². The molecule has 3 rings (SSSR count). The van der Waals surface area contributed by atoms with Gasteiger partial charge in [-0.1, -0.05) is 24.3 Å². The Bertz CT molecular complexity index is 654. The Morgan fingerprint density at radius 2 is 2.19 bits per heavy atom. The molecule has 1 aromatic heterocycles. The van der Waals surface area contributed by atoms with Gasteiger partial charge in [-0.3, -0.25) is 4.98 Å². The minimum atomic E-state index is -0.989. The Kier molecular flexibility index (Phi) is 3.86. The van der Waals surface area contributed by atoms with E-state index >= 15 is 0 Å². The molecule has 1 unspecified atom stereocenters. The molecule has 0 bridgehead atoms. The molecule has 1 heterocycles. The van der Waals surface area contributed by atoms with Gasteiger partial charge in [0.25, 0.3) is 0 Å². The van der Waals surface area contributed by atoms with Crippen LogP contribution in [0.15, 0.2) is 42.7 Å². The number of aromatic carboxylic acids is 1. The van der Waals surface area contributed by atoms with E-state index in [1.54, 1.807) is 0 Å². The molecule has 0 aliphatic heterocycles. The predicted molar refractivity (Wildman–Crippen MR) is 78.8 cm³/mol. The Labute approximate surface area is 123 Å². The van der Waals surface area contributed by atoms with Crippen molar-refractivity contribution in [2.75, 3.05) is 6.61 Å². The third kappa shape index (κ3) is 2.89. The zero-order chi connectivity index (χ0) is 14.7. The van der Waals surface area contributed by atoms with Gasteiger partial charge in [-0.2, -0.15) is 0 Å². The molecular weight excluding hydrogens is 266 g/mol. The maximum atomic E-state index is 11.2. The molecule has 1 aromatic carbocycles. The number of carboxylic acid groups (broad SMARTS) is 1. The molecule has 21 heavy (non-hydrogen) atoms. The normalized spacial score (nSPS) is 17.0. The minimum Gasteiger partial charge on any atom is -0.490 e. The third-order valence-electron chi connectivity index (χ3n) is 3.95. The summed E-state index contributed by atoms with van der Waals surface area (Å²) >= 11 is 0. The lowest BCUT2D eigenvalue weighted by Gasteiger charge is -2.25. The van der Waals surface area contributed by atoms with E-state index in [-0.39, 0.29) is 5.56 Å². The van der Waals surface area contributed by atoms with E-state index in [4.69, 9.17) is 9.84 Å². The summed E-state index contributed by atoms with van der Waals surface area (Å²) in [5, 5.41) is 9.15. The van der Waals surface area contributed by atoms with E-state index in [0.717, 1.165) is 19.3 Å². The highest BCUT2D eigenvalue weighted by molar-refractivity contribution is 5.90. The molecule has 0 saturated heterocycles. The average Bonchev–Trinajstić information content (AvgIpc) is 2.53. The monoisotopic (exact) mass is 283 g/mol. The molecule has 4 heteroatoms. The number of rotatable bonds is 4. The lowest BCUT2D eigenvalue weighted by atomic mass is 9.83. The number of benzene rings is 1. The summed E-state index contributed by atoms with van der Waals surface area (Å²) in [5.74, 6) is -0.332. The molecule has 2 aromatic rings. The van der Waals surface area contributed by atoms with E-state index in [2.05, 4.69) is 23.2 Å². The second-order valence-corrected chi connectivity index (χ2v) is 5.28. The summed E-state index contributed by atoms with van der Waals surface area (Å²) < 4.78 is 5.75. The van der Waals surface area contributed by atoms with Gasteiger partial charge in [0.05, 0.1) is 12.8 Å². The number of hydrogen-bond acceptors (Lipinski definition) is 3. The molecule has 0 fully saturated rings. The fourth-order valence-corrected chi connectivity index (χ4v) is 2.89. The van der Waals surface area contributed by atoms with Gasteiger partial charge in [-0.15, -0.1) is 0 Å². The number of pyridine rings is 1. The second-order valence-electron chi connectivity index (χ2n) is 5.28. The molecule has 108 valence electrons. The van der Waals surface area contributed by atoms with Crippen LogP contribution in [0.25, 0.3) is 0 Å². The van der Waals surface area contributed by atoms with Crippen molar-refractivity contribution in [1.29, 1.82) is 0 Å². The largest absolute Gasteiger partial charge is 0.490 e. The van der Waals surface area contributed by atoms with Gasteiger partial charge in [-0.05, 0) is 36.5 Å². The fourth-order valence-electron chi connectivity index (χ4n) is 2.89. The lowest BCUT2D eigenvalue weighted by molar-refractivity contribution is 0.0691. The highest BCUT2D eigenvalue weighted by atomic mass is 16.5. The molecule has 1 aliphatic rings. The van der Waals surface area contributed by atoms with Crippen molar-refractivity contribution in [2.45, 2.75) is 25.2 Å². The van der Waals surface area contributed by atoms with Gasteiger partial charge in [0.15, 0.2) is 5.75 Å². The summed E-state index contributed by atoms with van der Waals surface area (Å²) in [6, 6.07) is 9.88. The summed E-state index contributed by atoms with van der Waals surface area (Å²) in [6.45, 7) is 0.489.